The van der Waals surface area contributed by atoms with E-state index in [1.165, 1.54) is 12.1 Å². The standard InChI is InChI=1S/C9H8BrF2N3/c10-5-3-6(11)8(7(12)4-5)15-9-13-1-2-14-9/h3-4H,1-2H2,(H2,13,14,15). The quantitative estimate of drug-likeness (QED) is 0.824. The highest BCUT2D eigenvalue weighted by Gasteiger charge is 2.13. The first-order valence-electron chi connectivity index (χ1n) is 4.37. The van der Waals surface area contributed by atoms with Crippen LogP contribution in [0.3, 0.4) is 0 Å². The largest absolute Gasteiger partial charge is 0.354 e. The minimum atomic E-state index is -0.654. The molecule has 0 atom stereocenters. The molecule has 0 aliphatic carbocycles. The van der Waals surface area contributed by atoms with E-state index >= 15 is 0 Å². The second kappa shape index (κ2) is 4.14. The molecule has 15 heavy (non-hydrogen) atoms. The van der Waals surface area contributed by atoms with E-state index in [9.17, 15) is 8.78 Å². The van der Waals surface area contributed by atoms with Gasteiger partial charge in [-0.2, -0.15) is 0 Å². The molecule has 2 N–H and O–H groups in total. The van der Waals surface area contributed by atoms with Crippen LogP contribution in [0.25, 0.3) is 0 Å². The van der Waals surface area contributed by atoms with Crippen LogP contribution >= 0.6 is 15.9 Å². The average molecular weight is 276 g/mol. The van der Waals surface area contributed by atoms with Crippen molar-refractivity contribution < 1.29 is 8.78 Å². The number of hydrogen-bond donors (Lipinski definition) is 2. The van der Waals surface area contributed by atoms with Crippen LogP contribution in [0.2, 0.25) is 0 Å². The Morgan fingerprint density at radius 1 is 1.33 bits per heavy atom. The first kappa shape index (κ1) is 10.4. The number of rotatable bonds is 1. The molecule has 0 saturated heterocycles. The molecule has 1 aliphatic heterocycles. The number of halogens is 3. The Balaban J connectivity index is 2.27. The van der Waals surface area contributed by atoms with Gasteiger partial charge in [0, 0.05) is 11.0 Å². The van der Waals surface area contributed by atoms with Crippen LogP contribution in [0.1, 0.15) is 0 Å². The molecule has 0 spiro atoms. The SMILES string of the molecule is Fc1cc(Br)cc(F)c1NC1=NCCN1. The summed E-state index contributed by atoms with van der Waals surface area (Å²) >= 11 is 3.01. The lowest BCUT2D eigenvalue weighted by atomic mass is 10.3. The number of anilines is 1. The number of nitrogens with zero attached hydrogens (tertiary/aromatic N) is 1. The second-order valence-electron chi connectivity index (χ2n) is 3.03. The van der Waals surface area contributed by atoms with Crippen molar-refractivity contribution in [3.05, 3.63) is 28.2 Å². The Bertz CT molecular complexity index is 397. The van der Waals surface area contributed by atoms with Crippen molar-refractivity contribution in [3.8, 4) is 0 Å². The Hall–Kier alpha value is -1.17. The average Bonchev–Trinajstić information content (AvgIpc) is 2.63. The maximum Gasteiger partial charge on any atom is 0.196 e. The van der Waals surface area contributed by atoms with Crippen LogP contribution in [-0.2, 0) is 0 Å². The van der Waals surface area contributed by atoms with E-state index in [2.05, 4.69) is 31.6 Å². The summed E-state index contributed by atoms with van der Waals surface area (Å²) in [6.45, 7) is 1.30. The summed E-state index contributed by atoms with van der Waals surface area (Å²) < 4.78 is 27.1. The molecule has 0 aromatic heterocycles. The molecule has 1 heterocycles. The maximum atomic E-state index is 13.3. The minimum Gasteiger partial charge on any atom is -0.354 e. The third-order valence-electron chi connectivity index (χ3n) is 1.92. The number of nitrogens with one attached hydrogen (secondary N) is 2. The third-order valence-corrected chi connectivity index (χ3v) is 2.38. The molecule has 1 aromatic rings. The zero-order valence-corrected chi connectivity index (χ0v) is 9.24. The highest BCUT2D eigenvalue weighted by molar-refractivity contribution is 9.10. The van der Waals surface area contributed by atoms with Crippen LogP contribution < -0.4 is 10.6 Å². The van der Waals surface area contributed by atoms with Crippen LogP contribution in [0.4, 0.5) is 14.5 Å². The van der Waals surface area contributed by atoms with Gasteiger partial charge in [-0.1, -0.05) is 15.9 Å². The van der Waals surface area contributed by atoms with Gasteiger partial charge in [0.2, 0.25) is 0 Å². The summed E-state index contributed by atoms with van der Waals surface area (Å²) in [6.07, 6.45) is 0. The number of aliphatic imine (C=N–C) groups is 1. The topological polar surface area (TPSA) is 36.4 Å². The molecule has 0 amide bonds. The summed E-state index contributed by atoms with van der Waals surface area (Å²) in [5, 5.41) is 5.44. The zero-order chi connectivity index (χ0) is 10.8. The van der Waals surface area contributed by atoms with Crippen molar-refractivity contribution in [1.29, 1.82) is 0 Å². The predicted molar refractivity (Wildman–Crippen MR) is 58.0 cm³/mol. The highest BCUT2D eigenvalue weighted by atomic mass is 79.9. The Labute approximate surface area is 93.7 Å². The number of guanidine groups is 1. The van der Waals surface area contributed by atoms with Gasteiger partial charge in [-0.05, 0) is 12.1 Å². The van der Waals surface area contributed by atoms with Crippen LogP contribution in [0.15, 0.2) is 21.6 Å². The normalized spacial score (nSPS) is 14.7. The summed E-state index contributed by atoms with van der Waals surface area (Å²) in [4.78, 5) is 3.99. The molecule has 0 unspecified atom stereocenters. The van der Waals surface area contributed by atoms with Crippen molar-refractivity contribution in [2.24, 2.45) is 4.99 Å². The Morgan fingerprint density at radius 3 is 2.53 bits per heavy atom. The van der Waals surface area contributed by atoms with Gasteiger partial charge < -0.3 is 10.6 Å². The number of benzene rings is 1. The van der Waals surface area contributed by atoms with Crippen molar-refractivity contribution in [1.82, 2.24) is 5.32 Å². The second-order valence-corrected chi connectivity index (χ2v) is 3.94. The molecule has 80 valence electrons. The summed E-state index contributed by atoms with van der Waals surface area (Å²) in [5.41, 5.74) is -0.189. The highest BCUT2D eigenvalue weighted by Crippen LogP contribution is 2.23. The lowest BCUT2D eigenvalue weighted by Crippen LogP contribution is -2.27. The molecule has 3 nitrogen and oxygen atoms in total. The van der Waals surface area contributed by atoms with E-state index in [1.807, 2.05) is 0 Å². The smallest absolute Gasteiger partial charge is 0.196 e. The van der Waals surface area contributed by atoms with Gasteiger partial charge >= 0.3 is 0 Å². The molecule has 0 bridgehead atoms. The lowest BCUT2D eigenvalue weighted by Gasteiger charge is -2.08. The van der Waals surface area contributed by atoms with E-state index in [-0.39, 0.29) is 5.69 Å². The third kappa shape index (κ3) is 2.26. The van der Waals surface area contributed by atoms with E-state index in [1.54, 1.807) is 0 Å². The van der Waals surface area contributed by atoms with E-state index in [0.717, 1.165) is 0 Å². The van der Waals surface area contributed by atoms with E-state index in [0.29, 0.717) is 23.5 Å². The Kier molecular flexibility index (Phi) is 2.86. The first-order chi connectivity index (χ1) is 7.16. The van der Waals surface area contributed by atoms with Gasteiger partial charge in [0.25, 0.3) is 0 Å². The molecule has 1 aliphatic rings. The van der Waals surface area contributed by atoms with Crippen molar-refractivity contribution >= 4 is 27.6 Å². The van der Waals surface area contributed by atoms with Crippen LogP contribution in [0, 0.1) is 11.6 Å². The lowest BCUT2D eigenvalue weighted by molar-refractivity contribution is 0.589. The van der Waals surface area contributed by atoms with Crippen molar-refractivity contribution in [2.45, 2.75) is 0 Å². The van der Waals surface area contributed by atoms with Gasteiger partial charge in [0.1, 0.15) is 5.69 Å². The molecular formula is C9H8BrF2N3. The molecule has 0 saturated carbocycles. The summed E-state index contributed by atoms with van der Waals surface area (Å²) in [6, 6.07) is 2.39. The van der Waals surface area contributed by atoms with Crippen LogP contribution in [-0.4, -0.2) is 19.0 Å². The maximum absolute atomic E-state index is 13.3. The van der Waals surface area contributed by atoms with Crippen molar-refractivity contribution in [2.75, 3.05) is 18.4 Å². The zero-order valence-electron chi connectivity index (χ0n) is 7.65. The molecule has 0 fully saturated rings. The minimum absolute atomic E-state index is 0.189. The van der Waals surface area contributed by atoms with E-state index < -0.39 is 11.6 Å². The predicted octanol–water partition coefficient (Wildman–Crippen LogP) is 2.10. The molecule has 1 aromatic carbocycles. The molecular weight excluding hydrogens is 268 g/mol. The van der Waals surface area contributed by atoms with Gasteiger partial charge in [0.05, 0.1) is 6.54 Å². The first-order valence-corrected chi connectivity index (χ1v) is 5.16. The number of hydrogen-bond acceptors (Lipinski definition) is 3. The van der Waals surface area contributed by atoms with E-state index in [4.69, 9.17) is 0 Å². The molecule has 2 rings (SSSR count). The van der Waals surface area contributed by atoms with Gasteiger partial charge in [-0.3, -0.25) is 4.99 Å². The van der Waals surface area contributed by atoms with Gasteiger partial charge in [0.15, 0.2) is 17.6 Å². The van der Waals surface area contributed by atoms with Crippen LogP contribution in [0.5, 0.6) is 0 Å². The molecule has 6 heteroatoms. The van der Waals surface area contributed by atoms with Gasteiger partial charge in [-0.15, -0.1) is 0 Å². The van der Waals surface area contributed by atoms with Gasteiger partial charge in [-0.25, -0.2) is 8.78 Å². The van der Waals surface area contributed by atoms with Crippen molar-refractivity contribution in [3.63, 3.8) is 0 Å². The Morgan fingerprint density at radius 2 is 2.00 bits per heavy atom. The fourth-order valence-electron chi connectivity index (χ4n) is 1.26. The molecule has 0 radical (unpaired) electrons. The monoisotopic (exact) mass is 275 g/mol. The summed E-state index contributed by atoms with van der Waals surface area (Å²) in [7, 11) is 0. The fraction of sp³-hybridized carbons (Fsp3) is 0.222. The fourth-order valence-corrected chi connectivity index (χ4v) is 1.66. The summed E-state index contributed by atoms with van der Waals surface area (Å²) in [5.74, 6) is -0.910.